The quantitative estimate of drug-likeness (QED) is 0.630. The number of hydrogen-bond donors (Lipinski definition) is 1. The van der Waals surface area contributed by atoms with Crippen molar-refractivity contribution in [3.63, 3.8) is 0 Å². The molecule has 0 spiro atoms. The van der Waals surface area contributed by atoms with E-state index >= 15 is 0 Å². The minimum absolute atomic E-state index is 0.306. The van der Waals surface area contributed by atoms with Gasteiger partial charge in [0.15, 0.2) is 0 Å². The van der Waals surface area contributed by atoms with Crippen LogP contribution in [0.3, 0.4) is 0 Å². The molecule has 1 N–H and O–H groups in total. The predicted octanol–water partition coefficient (Wildman–Crippen LogP) is 3.55. The molecule has 1 nitrogen and oxygen atoms in total. The third-order valence-electron chi connectivity index (χ3n) is 3.55. The van der Waals surface area contributed by atoms with E-state index in [0.717, 1.165) is 6.16 Å². The molecule has 1 atom stereocenters. The minimum atomic E-state index is -2.33. The monoisotopic (exact) mass is 386 g/mol. The third-order valence-corrected chi connectivity index (χ3v) is 12.7. The molecular formula is C16H20IOP. The molecule has 0 aromatic heterocycles. The van der Waals surface area contributed by atoms with Crippen LogP contribution in [0.1, 0.15) is 6.92 Å². The number of hydrogen-bond acceptors (Lipinski definition) is 1. The fourth-order valence-electron chi connectivity index (χ4n) is 2.61. The molecule has 19 heavy (non-hydrogen) atoms. The van der Waals surface area contributed by atoms with Crippen molar-refractivity contribution in [3.05, 3.63) is 60.7 Å². The summed E-state index contributed by atoms with van der Waals surface area (Å²) < 4.78 is -2.33. The van der Waals surface area contributed by atoms with Crippen LogP contribution in [0.25, 0.3) is 0 Å². The number of aliphatic hydroxyl groups is 1. The Balaban J connectivity index is 2.64. The van der Waals surface area contributed by atoms with Crippen LogP contribution >= 0.6 is 26.3 Å². The Hall–Kier alpha value is -0.440. The molecule has 1 unspecified atom stereocenters. The summed E-state index contributed by atoms with van der Waals surface area (Å²) in [5.74, 6) is 0. The zero-order valence-electron chi connectivity index (χ0n) is 11.3. The van der Waals surface area contributed by atoms with Crippen molar-refractivity contribution in [2.75, 3.05) is 12.8 Å². The van der Waals surface area contributed by atoms with E-state index in [4.69, 9.17) is 0 Å². The molecule has 3 heteroatoms. The third kappa shape index (κ3) is 3.01. The zero-order valence-corrected chi connectivity index (χ0v) is 14.4. The molecule has 2 aromatic rings. The van der Waals surface area contributed by atoms with E-state index in [9.17, 15) is 5.11 Å². The van der Waals surface area contributed by atoms with Crippen LogP contribution in [0.4, 0.5) is 0 Å². The van der Waals surface area contributed by atoms with E-state index in [2.05, 4.69) is 77.2 Å². The van der Waals surface area contributed by atoms with E-state index in [1.54, 1.807) is 0 Å². The molecule has 0 aliphatic rings. The molecule has 0 saturated carbocycles. The molecule has 0 radical (unpaired) electrons. The fraction of sp³-hybridized carbons (Fsp3) is 0.250. The second-order valence-corrected chi connectivity index (χ2v) is 17.9. The summed E-state index contributed by atoms with van der Waals surface area (Å²) in [5.41, 5.74) is 0. The summed E-state index contributed by atoms with van der Waals surface area (Å²) in [7, 11) is 0. The standard InChI is InChI=1S/C16H20IOP/c1-14(18)13-19(2,17,15-9-5-3-6-10-15)16-11-7-4-8-12-16/h3-12,14,18H,13H2,1-2H3. The van der Waals surface area contributed by atoms with Crippen LogP contribution < -0.4 is 10.6 Å². The average molecular weight is 386 g/mol. The molecule has 0 aliphatic heterocycles. The first-order chi connectivity index (χ1) is 8.92. The summed E-state index contributed by atoms with van der Waals surface area (Å²) in [5, 5.41) is 12.7. The first kappa shape index (κ1) is 15.0. The van der Waals surface area contributed by atoms with Gasteiger partial charge in [-0.05, 0) is 0 Å². The van der Waals surface area contributed by atoms with Crippen molar-refractivity contribution in [2.45, 2.75) is 13.0 Å². The van der Waals surface area contributed by atoms with Crippen LogP contribution in [-0.4, -0.2) is 24.0 Å². The average Bonchev–Trinajstić information content (AvgIpc) is 2.40. The predicted molar refractivity (Wildman–Crippen MR) is 95.6 cm³/mol. The Morgan fingerprint density at radius 2 is 1.32 bits per heavy atom. The first-order valence-corrected chi connectivity index (χ1v) is 12.1. The van der Waals surface area contributed by atoms with Crippen LogP contribution in [0.2, 0.25) is 0 Å². The second kappa shape index (κ2) is 5.51. The van der Waals surface area contributed by atoms with Gasteiger partial charge in [0.25, 0.3) is 0 Å². The number of benzene rings is 2. The maximum absolute atomic E-state index is 10.0. The summed E-state index contributed by atoms with van der Waals surface area (Å²) in [6.07, 6.45) is 0.500. The van der Waals surface area contributed by atoms with Crippen molar-refractivity contribution >= 4 is 36.9 Å². The van der Waals surface area contributed by atoms with Crippen LogP contribution in [0.15, 0.2) is 60.7 Å². The molecule has 0 saturated heterocycles. The van der Waals surface area contributed by atoms with E-state index in [1.165, 1.54) is 10.6 Å². The normalized spacial score (nSPS) is 15.5. The second-order valence-electron chi connectivity index (χ2n) is 5.35. The van der Waals surface area contributed by atoms with Gasteiger partial charge in [-0.1, -0.05) is 0 Å². The molecule has 0 fully saturated rings. The van der Waals surface area contributed by atoms with Gasteiger partial charge < -0.3 is 0 Å². The van der Waals surface area contributed by atoms with Crippen molar-refractivity contribution in [1.29, 1.82) is 0 Å². The first-order valence-electron chi connectivity index (χ1n) is 6.44. The molecule has 2 aromatic carbocycles. The Bertz CT molecular complexity index is 494. The van der Waals surface area contributed by atoms with Gasteiger partial charge in [0.2, 0.25) is 0 Å². The number of aliphatic hydroxyl groups excluding tert-OH is 1. The summed E-state index contributed by atoms with van der Waals surface area (Å²) >= 11 is 2.63. The Labute approximate surface area is 128 Å². The molecule has 102 valence electrons. The molecule has 0 amide bonds. The van der Waals surface area contributed by atoms with E-state index in [-0.39, 0.29) is 6.10 Å². The van der Waals surface area contributed by atoms with Crippen molar-refractivity contribution in [3.8, 4) is 0 Å². The van der Waals surface area contributed by atoms with Gasteiger partial charge in [-0.15, -0.1) is 0 Å². The van der Waals surface area contributed by atoms with Crippen molar-refractivity contribution < 1.29 is 5.11 Å². The van der Waals surface area contributed by atoms with Gasteiger partial charge in [-0.25, -0.2) is 0 Å². The van der Waals surface area contributed by atoms with Gasteiger partial charge in [0.05, 0.1) is 0 Å². The van der Waals surface area contributed by atoms with Gasteiger partial charge in [-0.3, -0.25) is 0 Å². The number of rotatable bonds is 4. The Morgan fingerprint density at radius 1 is 0.947 bits per heavy atom. The van der Waals surface area contributed by atoms with E-state index < -0.39 is 4.25 Å². The molecule has 0 aliphatic carbocycles. The summed E-state index contributed by atoms with van der Waals surface area (Å²) in [6, 6.07) is 21.2. The SMILES string of the molecule is CC(O)CP(C)(I)(c1ccccc1)c1ccccc1. The molecule has 2 rings (SSSR count). The van der Waals surface area contributed by atoms with Crippen LogP contribution in [0.5, 0.6) is 0 Å². The molecule has 0 bridgehead atoms. The fourth-order valence-corrected chi connectivity index (χ4v) is 10.1. The van der Waals surface area contributed by atoms with Gasteiger partial charge >= 0.3 is 129 Å². The van der Waals surface area contributed by atoms with Crippen molar-refractivity contribution in [1.82, 2.24) is 0 Å². The number of halogens is 1. The van der Waals surface area contributed by atoms with E-state index in [0.29, 0.717) is 0 Å². The van der Waals surface area contributed by atoms with Gasteiger partial charge in [-0.2, -0.15) is 0 Å². The van der Waals surface area contributed by atoms with Crippen LogP contribution in [-0.2, 0) is 0 Å². The summed E-state index contributed by atoms with van der Waals surface area (Å²) in [4.78, 5) is 0. The van der Waals surface area contributed by atoms with Crippen molar-refractivity contribution in [2.24, 2.45) is 0 Å². The Morgan fingerprint density at radius 3 is 1.63 bits per heavy atom. The molecule has 0 heterocycles. The maximum atomic E-state index is 10.0. The Kier molecular flexibility index (Phi) is 4.34. The van der Waals surface area contributed by atoms with E-state index in [1.807, 2.05) is 19.1 Å². The molecular weight excluding hydrogens is 366 g/mol. The summed E-state index contributed by atoms with van der Waals surface area (Å²) in [6.45, 7) is 4.22. The van der Waals surface area contributed by atoms with Gasteiger partial charge in [0.1, 0.15) is 0 Å². The van der Waals surface area contributed by atoms with Crippen LogP contribution in [0, 0.1) is 0 Å². The van der Waals surface area contributed by atoms with Gasteiger partial charge in [0, 0.05) is 0 Å². The zero-order chi connectivity index (χ0) is 14.0. The topological polar surface area (TPSA) is 20.2 Å².